The van der Waals surface area contributed by atoms with Crippen LogP contribution >= 0.6 is 0 Å². The number of hydrogen-bond donors (Lipinski definition) is 0. The third-order valence-electron chi connectivity index (χ3n) is 3.65. The van der Waals surface area contributed by atoms with Gasteiger partial charge in [0.05, 0.1) is 13.2 Å². The average Bonchev–Trinajstić information content (AvgIpc) is 2.96. The summed E-state index contributed by atoms with van der Waals surface area (Å²) in [5, 5.41) is 4.21. The van der Waals surface area contributed by atoms with Crippen molar-refractivity contribution in [2.75, 3.05) is 25.2 Å². The van der Waals surface area contributed by atoms with Crippen LogP contribution in [0.5, 0.6) is 0 Å². The highest BCUT2D eigenvalue weighted by Gasteiger charge is 2.21. The number of rotatable bonds is 6. The van der Waals surface area contributed by atoms with E-state index in [1.165, 1.54) is 5.56 Å². The molecule has 2 aromatic rings. The van der Waals surface area contributed by atoms with E-state index >= 15 is 0 Å². The Bertz CT molecular complexity index is 649. The van der Waals surface area contributed by atoms with Crippen LogP contribution in [0.2, 0.25) is 0 Å². The first-order valence-electron chi connectivity index (χ1n) is 7.48. The second-order valence-electron chi connectivity index (χ2n) is 5.27. The molecule has 2 rings (SSSR count). The Balaban J connectivity index is 2.31. The third-order valence-corrected chi connectivity index (χ3v) is 3.65. The molecule has 0 N–H and O–H groups in total. The molecule has 1 amide bonds. The van der Waals surface area contributed by atoms with Gasteiger partial charge in [-0.3, -0.25) is 9.48 Å². The summed E-state index contributed by atoms with van der Waals surface area (Å²) in [6, 6.07) is 7.88. The van der Waals surface area contributed by atoms with E-state index in [4.69, 9.17) is 4.74 Å². The SMILES string of the molecule is CCN(C(=O)c1ccnn1CCOC)c1ccc(C)cc1C. The molecule has 0 fully saturated rings. The Kier molecular flexibility index (Phi) is 5.33. The smallest absolute Gasteiger partial charge is 0.276 e. The molecule has 0 aliphatic rings. The third kappa shape index (κ3) is 3.36. The summed E-state index contributed by atoms with van der Waals surface area (Å²) in [6.45, 7) is 7.76. The van der Waals surface area contributed by atoms with E-state index in [0.717, 1.165) is 11.3 Å². The fourth-order valence-electron chi connectivity index (χ4n) is 2.54. The molecule has 0 aliphatic heterocycles. The lowest BCUT2D eigenvalue weighted by Crippen LogP contribution is -2.33. The van der Waals surface area contributed by atoms with Gasteiger partial charge in [0.25, 0.3) is 5.91 Å². The van der Waals surface area contributed by atoms with E-state index in [0.29, 0.717) is 25.4 Å². The molecule has 0 unspecified atom stereocenters. The molecule has 0 saturated carbocycles. The van der Waals surface area contributed by atoms with Crippen LogP contribution in [0.3, 0.4) is 0 Å². The van der Waals surface area contributed by atoms with Crippen LogP contribution in [-0.2, 0) is 11.3 Å². The zero-order valence-electron chi connectivity index (χ0n) is 13.7. The number of carbonyl (C=O) groups is 1. The number of methoxy groups -OCH3 is 1. The molecule has 0 bridgehead atoms. The van der Waals surface area contributed by atoms with Crippen molar-refractivity contribution in [2.45, 2.75) is 27.3 Å². The molecule has 22 heavy (non-hydrogen) atoms. The van der Waals surface area contributed by atoms with Gasteiger partial charge < -0.3 is 9.64 Å². The fraction of sp³-hybridized carbons (Fsp3) is 0.412. The molecule has 0 saturated heterocycles. The van der Waals surface area contributed by atoms with Crippen LogP contribution in [-0.4, -0.2) is 35.9 Å². The number of anilines is 1. The number of ether oxygens (including phenoxy) is 1. The van der Waals surface area contributed by atoms with Crippen molar-refractivity contribution < 1.29 is 9.53 Å². The van der Waals surface area contributed by atoms with Crippen molar-refractivity contribution in [3.05, 3.63) is 47.3 Å². The van der Waals surface area contributed by atoms with Crippen LogP contribution in [0.4, 0.5) is 5.69 Å². The fourth-order valence-corrected chi connectivity index (χ4v) is 2.54. The summed E-state index contributed by atoms with van der Waals surface area (Å²) >= 11 is 0. The second-order valence-corrected chi connectivity index (χ2v) is 5.27. The zero-order chi connectivity index (χ0) is 16.1. The van der Waals surface area contributed by atoms with E-state index in [2.05, 4.69) is 18.1 Å². The van der Waals surface area contributed by atoms with Gasteiger partial charge in [-0.15, -0.1) is 0 Å². The number of hydrogen-bond acceptors (Lipinski definition) is 3. The molecule has 0 aliphatic carbocycles. The summed E-state index contributed by atoms with van der Waals surface area (Å²) in [4.78, 5) is 14.7. The zero-order valence-corrected chi connectivity index (χ0v) is 13.7. The molecule has 5 heteroatoms. The Hall–Kier alpha value is -2.14. The number of aromatic nitrogens is 2. The van der Waals surface area contributed by atoms with Crippen molar-refractivity contribution in [3.8, 4) is 0 Å². The standard InChI is InChI=1S/C17H23N3O2/c1-5-19(15-7-6-13(2)12-14(15)3)17(21)16-8-9-18-20(16)10-11-22-4/h6-9,12H,5,10-11H2,1-4H3. The van der Waals surface area contributed by atoms with Gasteiger partial charge in [-0.25, -0.2) is 0 Å². The molecule has 0 atom stereocenters. The molecule has 1 aromatic carbocycles. The molecule has 1 heterocycles. The van der Waals surface area contributed by atoms with Gasteiger partial charge in [-0.2, -0.15) is 5.10 Å². The molecular weight excluding hydrogens is 278 g/mol. The molecule has 5 nitrogen and oxygen atoms in total. The van der Waals surface area contributed by atoms with E-state index in [-0.39, 0.29) is 5.91 Å². The molecular formula is C17H23N3O2. The first-order chi connectivity index (χ1) is 10.6. The van der Waals surface area contributed by atoms with Gasteiger partial charge in [0, 0.05) is 25.5 Å². The highest BCUT2D eigenvalue weighted by Crippen LogP contribution is 2.23. The first-order valence-corrected chi connectivity index (χ1v) is 7.48. The lowest BCUT2D eigenvalue weighted by Gasteiger charge is -2.23. The maximum Gasteiger partial charge on any atom is 0.276 e. The van der Waals surface area contributed by atoms with Crippen molar-refractivity contribution in [3.63, 3.8) is 0 Å². The molecule has 0 radical (unpaired) electrons. The normalized spacial score (nSPS) is 10.7. The number of aryl methyl sites for hydroxylation is 2. The van der Waals surface area contributed by atoms with E-state index in [9.17, 15) is 4.79 Å². The number of benzene rings is 1. The number of amides is 1. The average molecular weight is 301 g/mol. The highest BCUT2D eigenvalue weighted by atomic mass is 16.5. The summed E-state index contributed by atoms with van der Waals surface area (Å²) in [5.41, 5.74) is 3.81. The van der Waals surface area contributed by atoms with E-state index in [1.54, 1.807) is 29.0 Å². The van der Waals surface area contributed by atoms with Gasteiger partial charge >= 0.3 is 0 Å². The Labute approximate surface area is 131 Å². The number of nitrogens with zero attached hydrogens (tertiary/aromatic N) is 3. The quantitative estimate of drug-likeness (QED) is 0.824. The lowest BCUT2D eigenvalue weighted by molar-refractivity contribution is 0.0974. The Morgan fingerprint density at radius 2 is 2.09 bits per heavy atom. The van der Waals surface area contributed by atoms with Crippen molar-refractivity contribution >= 4 is 11.6 Å². The van der Waals surface area contributed by atoms with Gasteiger partial charge in [-0.1, -0.05) is 17.7 Å². The van der Waals surface area contributed by atoms with Gasteiger partial charge in [0.2, 0.25) is 0 Å². The van der Waals surface area contributed by atoms with E-state index < -0.39 is 0 Å². The minimum absolute atomic E-state index is 0.0388. The van der Waals surface area contributed by atoms with Crippen LogP contribution in [0, 0.1) is 13.8 Å². The highest BCUT2D eigenvalue weighted by molar-refractivity contribution is 6.05. The lowest BCUT2D eigenvalue weighted by atomic mass is 10.1. The monoisotopic (exact) mass is 301 g/mol. The van der Waals surface area contributed by atoms with Crippen LogP contribution < -0.4 is 4.90 Å². The maximum absolute atomic E-state index is 12.9. The van der Waals surface area contributed by atoms with Gasteiger partial charge in [0.1, 0.15) is 5.69 Å². The minimum Gasteiger partial charge on any atom is -0.383 e. The summed E-state index contributed by atoms with van der Waals surface area (Å²) in [7, 11) is 1.64. The minimum atomic E-state index is -0.0388. The summed E-state index contributed by atoms with van der Waals surface area (Å²) < 4.78 is 6.76. The Morgan fingerprint density at radius 1 is 1.32 bits per heavy atom. The molecule has 0 spiro atoms. The largest absolute Gasteiger partial charge is 0.383 e. The van der Waals surface area contributed by atoms with Crippen LogP contribution in [0.25, 0.3) is 0 Å². The second kappa shape index (κ2) is 7.22. The van der Waals surface area contributed by atoms with Crippen LogP contribution in [0.1, 0.15) is 28.5 Å². The Morgan fingerprint density at radius 3 is 2.73 bits per heavy atom. The van der Waals surface area contributed by atoms with Gasteiger partial charge in [0.15, 0.2) is 0 Å². The number of carbonyl (C=O) groups excluding carboxylic acids is 1. The first kappa shape index (κ1) is 16.2. The van der Waals surface area contributed by atoms with Crippen molar-refractivity contribution in [1.82, 2.24) is 9.78 Å². The maximum atomic E-state index is 12.9. The predicted molar refractivity (Wildman–Crippen MR) is 87.4 cm³/mol. The molecule has 118 valence electrons. The van der Waals surface area contributed by atoms with E-state index in [1.807, 2.05) is 26.0 Å². The molecule has 1 aromatic heterocycles. The van der Waals surface area contributed by atoms with Crippen molar-refractivity contribution in [2.24, 2.45) is 0 Å². The summed E-state index contributed by atoms with van der Waals surface area (Å²) in [6.07, 6.45) is 1.65. The van der Waals surface area contributed by atoms with Crippen LogP contribution in [0.15, 0.2) is 30.5 Å². The van der Waals surface area contributed by atoms with Crippen molar-refractivity contribution in [1.29, 1.82) is 0 Å². The van der Waals surface area contributed by atoms with Gasteiger partial charge in [-0.05, 0) is 38.5 Å². The predicted octanol–water partition coefficient (Wildman–Crippen LogP) is 2.81. The topological polar surface area (TPSA) is 47.4 Å². The summed E-state index contributed by atoms with van der Waals surface area (Å²) in [5.74, 6) is -0.0388.